The lowest BCUT2D eigenvalue weighted by molar-refractivity contribution is -0.383. The van der Waals surface area contributed by atoms with Gasteiger partial charge in [0.1, 0.15) is 0 Å². The summed E-state index contributed by atoms with van der Waals surface area (Å²) < 4.78 is 13.0. The molecule has 0 atom stereocenters. The molecule has 0 amide bonds. The highest BCUT2D eigenvalue weighted by molar-refractivity contribution is 5.89. The fraction of sp³-hybridized carbons (Fsp3) is 0.467. The quantitative estimate of drug-likeness (QED) is 0.425. The molecule has 0 saturated heterocycles. The monoisotopic (exact) mass is 292 g/mol. The van der Waals surface area contributed by atoms with Crippen molar-refractivity contribution in [1.29, 1.82) is 0 Å². The van der Waals surface area contributed by atoms with Gasteiger partial charge in [-0.2, -0.15) is 0 Å². The molecule has 0 unspecified atom stereocenters. The van der Waals surface area contributed by atoms with Crippen molar-refractivity contribution >= 4 is 16.6 Å². The molecule has 1 heterocycles. The molecule has 0 aliphatic rings. The van der Waals surface area contributed by atoms with Crippen molar-refractivity contribution in [2.75, 3.05) is 13.2 Å². The van der Waals surface area contributed by atoms with Gasteiger partial charge in [0.15, 0.2) is 6.29 Å². The molecule has 1 aromatic carbocycles. The maximum absolute atomic E-state index is 11.0. The molecule has 0 N–H and O–H groups in total. The Labute approximate surface area is 123 Å². The zero-order valence-corrected chi connectivity index (χ0v) is 12.3. The van der Waals surface area contributed by atoms with Crippen LogP contribution in [0.3, 0.4) is 0 Å². The normalized spacial score (nSPS) is 11.4. The fourth-order valence-electron chi connectivity index (χ4n) is 2.39. The first-order valence-electron chi connectivity index (χ1n) is 7.12. The number of non-ortho nitro benzene ring substituents is 1. The number of hydrogen-bond donors (Lipinski definition) is 0. The van der Waals surface area contributed by atoms with E-state index in [1.807, 2.05) is 30.7 Å². The lowest BCUT2D eigenvalue weighted by atomic mass is 10.2. The summed E-state index contributed by atoms with van der Waals surface area (Å²) in [6, 6.07) is 6.90. The van der Waals surface area contributed by atoms with Crippen LogP contribution in [0.25, 0.3) is 10.9 Å². The predicted octanol–water partition coefficient (Wildman–Crippen LogP) is 3.34. The van der Waals surface area contributed by atoms with Crippen LogP contribution in [0.15, 0.2) is 30.5 Å². The number of hydrogen-bond acceptors (Lipinski definition) is 4. The number of benzene rings is 1. The van der Waals surface area contributed by atoms with E-state index in [4.69, 9.17) is 9.47 Å². The maximum Gasteiger partial charge on any atom is 0.278 e. The van der Waals surface area contributed by atoms with Gasteiger partial charge >= 0.3 is 0 Å². The number of nitro benzene ring substituents is 1. The Hall–Kier alpha value is -1.92. The minimum absolute atomic E-state index is 0.136. The first-order chi connectivity index (χ1) is 10.2. The third-order valence-electron chi connectivity index (χ3n) is 3.30. The highest BCUT2D eigenvalue weighted by Crippen LogP contribution is 2.26. The van der Waals surface area contributed by atoms with Crippen molar-refractivity contribution in [2.45, 2.75) is 33.1 Å². The Morgan fingerprint density at radius 3 is 2.57 bits per heavy atom. The minimum Gasteiger partial charge on any atom is -0.353 e. The van der Waals surface area contributed by atoms with Crippen LogP contribution < -0.4 is 0 Å². The van der Waals surface area contributed by atoms with E-state index in [1.165, 1.54) is 6.07 Å². The summed E-state index contributed by atoms with van der Waals surface area (Å²) >= 11 is 0. The van der Waals surface area contributed by atoms with Crippen molar-refractivity contribution in [3.63, 3.8) is 0 Å². The van der Waals surface area contributed by atoms with Gasteiger partial charge in [0.25, 0.3) is 5.69 Å². The van der Waals surface area contributed by atoms with E-state index in [2.05, 4.69) is 0 Å². The van der Waals surface area contributed by atoms with Crippen LogP contribution in [-0.2, 0) is 16.0 Å². The summed E-state index contributed by atoms with van der Waals surface area (Å²) in [6.45, 7) is 5.75. The predicted molar refractivity (Wildman–Crippen MR) is 80.2 cm³/mol. The molecule has 2 aromatic rings. The highest BCUT2D eigenvalue weighted by atomic mass is 16.7. The topological polar surface area (TPSA) is 66.5 Å². The van der Waals surface area contributed by atoms with Crippen molar-refractivity contribution in [1.82, 2.24) is 4.57 Å². The first-order valence-corrected chi connectivity index (χ1v) is 7.12. The van der Waals surface area contributed by atoms with Gasteiger partial charge in [-0.05, 0) is 26.0 Å². The summed E-state index contributed by atoms with van der Waals surface area (Å²) in [4.78, 5) is 10.7. The molecule has 114 valence electrons. The molecule has 2 rings (SSSR count). The van der Waals surface area contributed by atoms with Crippen LogP contribution >= 0.6 is 0 Å². The van der Waals surface area contributed by atoms with Crippen LogP contribution in [0, 0.1) is 10.1 Å². The molecule has 1 aromatic heterocycles. The number of fused-ring (bicyclic) bond motifs is 1. The van der Waals surface area contributed by atoms with E-state index in [-0.39, 0.29) is 16.9 Å². The van der Waals surface area contributed by atoms with Crippen LogP contribution in [-0.4, -0.2) is 29.0 Å². The highest BCUT2D eigenvalue weighted by Gasteiger charge is 2.14. The molecule has 0 bridgehead atoms. The Kier molecular flexibility index (Phi) is 5.30. The van der Waals surface area contributed by atoms with Crippen molar-refractivity contribution in [3.8, 4) is 0 Å². The zero-order valence-electron chi connectivity index (χ0n) is 12.3. The summed E-state index contributed by atoms with van der Waals surface area (Å²) in [5.41, 5.74) is 0.994. The lowest BCUT2D eigenvalue weighted by Gasteiger charge is -2.17. The summed E-state index contributed by atoms with van der Waals surface area (Å²) in [6.07, 6.45) is 2.33. The van der Waals surface area contributed by atoms with Gasteiger partial charge in [-0.15, -0.1) is 0 Å². The smallest absolute Gasteiger partial charge is 0.278 e. The Bertz CT molecular complexity index is 603. The van der Waals surface area contributed by atoms with Gasteiger partial charge < -0.3 is 14.0 Å². The van der Waals surface area contributed by atoms with E-state index in [0.717, 1.165) is 5.52 Å². The third kappa shape index (κ3) is 3.59. The number of aryl methyl sites for hydroxylation is 1. The van der Waals surface area contributed by atoms with E-state index < -0.39 is 0 Å². The molecule has 0 spiro atoms. The minimum atomic E-state index is -0.351. The van der Waals surface area contributed by atoms with E-state index in [0.29, 0.717) is 31.6 Å². The van der Waals surface area contributed by atoms with E-state index >= 15 is 0 Å². The second-order valence-corrected chi connectivity index (χ2v) is 4.61. The van der Waals surface area contributed by atoms with E-state index in [1.54, 1.807) is 12.1 Å². The lowest BCUT2D eigenvalue weighted by Crippen LogP contribution is -2.19. The molecule has 6 heteroatoms. The van der Waals surface area contributed by atoms with Crippen LogP contribution in [0.1, 0.15) is 20.3 Å². The largest absolute Gasteiger partial charge is 0.353 e. The molecule has 0 radical (unpaired) electrons. The fourth-order valence-corrected chi connectivity index (χ4v) is 2.39. The van der Waals surface area contributed by atoms with Gasteiger partial charge in [-0.25, -0.2) is 0 Å². The number of nitro groups is 1. The number of rotatable bonds is 8. The SMILES string of the molecule is CCOC(CCn1ccc2c([N+](=O)[O-])cccc21)OCC. The zero-order chi connectivity index (χ0) is 15.2. The van der Waals surface area contributed by atoms with Crippen molar-refractivity contribution < 1.29 is 14.4 Å². The van der Waals surface area contributed by atoms with E-state index in [9.17, 15) is 10.1 Å². The molecule has 21 heavy (non-hydrogen) atoms. The first kappa shape index (κ1) is 15.5. The maximum atomic E-state index is 11.0. The number of ether oxygens (including phenoxy) is 2. The van der Waals surface area contributed by atoms with Crippen molar-refractivity contribution in [3.05, 3.63) is 40.6 Å². The Morgan fingerprint density at radius 2 is 1.95 bits per heavy atom. The molecule has 0 aliphatic carbocycles. The number of aromatic nitrogens is 1. The third-order valence-corrected chi connectivity index (χ3v) is 3.30. The second kappa shape index (κ2) is 7.19. The van der Waals surface area contributed by atoms with Crippen LogP contribution in [0.4, 0.5) is 5.69 Å². The molecule has 0 saturated carbocycles. The molecule has 0 fully saturated rings. The average Bonchev–Trinajstić information content (AvgIpc) is 2.88. The van der Waals surface area contributed by atoms with Gasteiger partial charge in [-0.1, -0.05) is 6.07 Å². The Balaban J connectivity index is 2.16. The standard InChI is InChI=1S/C15H20N2O4/c1-3-20-15(21-4-2)9-11-16-10-8-12-13(16)6-5-7-14(12)17(18)19/h5-8,10,15H,3-4,9,11H2,1-2H3. The van der Waals surface area contributed by atoms with Gasteiger partial charge in [0.2, 0.25) is 0 Å². The van der Waals surface area contributed by atoms with Gasteiger partial charge in [0, 0.05) is 38.4 Å². The average molecular weight is 292 g/mol. The van der Waals surface area contributed by atoms with Crippen LogP contribution in [0.2, 0.25) is 0 Å². The summed E-state index contributed by atoms with van der Waals surface area (Å²) in [5, 5.41) is 11.7. The molecule has 6 nitrogen and oxygen atoms in total. The second-order valence-electron chi connectivity index (χ2n) is 4.61. The molecular formula is C15H20N2O4. The van der Waals surface area contributed by atoms with Gasteiger partial charge in [0.05, 0.1) is 15.8 Å². The summed E-state index contributed by atoms with van der Waals surface area (Å²) in [7, 11) is 0. The van der Waals surface area contributed by atoms with Crippen molar-refractivity contribution in [2.24, 2.45) is 0 Å². The molecular weight excluding hydrogens is 272 g/mol. The van der Waals surface area contributed by atoms with Gasteiger partial charge in [-0.3, -0.25) is 10.1 Å². The van der Waals surface area contributed by atoms with Crippen LogP contribution in [0.5, 0.6) is 0 Å². The number of nitrogens with zero attached hydrogens (tertiary/aromatic N) is 2. The molecule has 0 aliphatic heterocycles. The summed E-state index contributed by atoms with van der Waals surface area (Å²) in [5.74, 6) is 0. The Morgan fingerprint density at radius 1 is 1.24 bits per heavy atom.